The van der Waals surface area contributed by atoms with Gasteiger partial charge in [-0.25, -0.2) is 0 Å². The second kappa shape index (κ2) is 13.8. The molecule has 24 heavy (non-hydrogen) atoms. The summed E-state index contributed by atoms with van der Waals surface area (Å²) in [6.45, 7) is 8.21. The van der Waals surface area contributed by atoms with Crippen LogP contribution in [0, 0.1) is 9.86 Å². The number of hydrogen-bond donors (Lipinski definition) is 0. The number of ether oxygens (including phenoxy) is 1. The third kappa shape index (κ3) is 9.13. The fraction of sp³-hybridized carbons (Fsp3) is 0.636. The van der Waals surface area contributed by atoms with E-state index in [2.05, 4.69) is 54.9 Å². The molecule has 1 aromatic rings. The molecule has 0 amide bonds. The van der Waals surface area contributed by atoms with E-state index >= 15 is 0 Å². The van der Waals surface area contributed by atoms with Crippen molar-refractivity contribution in [3.05, 3.63) is 35.9 Å². The Bertz CT molecular complexity index is 450. The molecule has 0 aliphatic rings. The molecule has 0 aliphatic carbocycles. The summed E-state index contributed by atoms with van der Waals surface area (Å²) in [6.07, 6.45) is 8.06. The molecule has 0 aliphatic heterocycles. The molecular formula is C22H36OSn. The van der Waals surface area contributed by atoms with Crippen molar-refractivity contribution < 1.29 is 4.74 Å². The van der Waals surface area contributed by atoms with E-state index in [-0.39, 0.29) is 0 Å². The monoisotopic (exact) mass is 436 g/mol. The Morgan fingerprint density at radius 2 is 1.38 bits per heavy atom. The van der Waals surface area contributed by atoms with E-state index in [9.17, 15) is 0 Å². The van der Waals surface area contributed by atoms with Gasteiger partial charge in [0.05, 0.1) is 0 Å². The Morgan fingerprint density at radius 1 is 0.833 bits per heavy atom. The predicted molar refractivity (Wildman–Crippen MR) is 109 cm³/mol. The van der Waals surface area contributed by atoms with Crippen molar-refractivity contribution in [3.8, 4) is 9.86 Å². The second-order valence-corrected chi connectivity index (χ2v) is 19.2. The Morgan fingerprint density at radius 3 is 1.88 bits per heavy atom. The molecule has 0 atom stereocenters. The number of benzene rings is 1. The zero-order valence-electron chi connectivity index (χ0n) is 16.1. The first kappa shape index (κ1) is 21.6. The van der Waals surface area contributed by atoms with E-state index in [1.165, 1.54) is 57.4 Å². The summed E-state index contributed by atoms with van der Waals surface area (Å²) in [7, 11) is 0. The zero-order chi connectivity index (χ0) is 17.5. The van der Waals surface area contributed by atoms with Crippen LogP contribution in [-0.2, 0) is 11.3 Å². The molecule has 1 rings (SSSR count). The number of unbranched alkanes of at least 4 members (excludes halogenated alkanes) is 3. The maximum atomic E-state index is 5.79. The van der Waals surface area contributed by atoms with Gasteiger partial charge >= 0.3 is 155 Å². The van der Waals surface area contributed by atoms with Crippen LogP contribution in [0.1, 0.15) is 64.9 Å². The van der Waals surface area contributed by atoms with Gasteiger partial charge in [0.25, 0.3) is 0 Å². The standard InChI is InChI=1S/C10H9O.3C4H9.Sn/c1-2-8-11-9-10-6-4-3-5-7-10;3*1-3-4-2;/h3-7H,8-9H2;3*1,3-4H2,2H3;. The molecule has 134 valence electrons. The van der Waals surface area contributed by atoms with Crippen molar-refractivity contribution in [3.63, 3.8) is 0 Å². The van der Waals surface area contributed by atoms with E-state index in [4.69, 9.17) is 4.74 Å². The van der Waals surface area contributed by atoms with E-state index < -0.39 is 18.4 Å². The summed E-state index contributed by atoms with van der Waals surface area (Å²) in [5.74, 6) is 3.44. The van der Waals surface area contributed by atoms with Gasteiger partial charge in [-0.05, 0) is 0 Å². The van der Waals surface area contributed by atoms with E-state index in [0.717, 1.165) is 0 Å². The van der Waals surface area contributed by atoms with Crippen molar-refractivity contribution in [2.24, 2.45) is 0 Å². The van der Waals surface area contributed by atoms with E-state index in [1.807, 2.05) is 6.07 Å². The van der Waals surface area contributed by atoms with Crippen molar-refractivity contribution in [2.45, 2.75) is 79.2 Å². The third-order valence-corrected chi connectivity index (χ3v) is 17.9. The predicted octanol–water partition coefficient (Wildman–Crippen LogP) is 6.59. The van der Waals surface area contributed by atoms with Gasteiger partial charge in [-0.2, -0.15) is 0 Å². The van der Waals surface area contributed by atoms with Crippen LogP contribution < -0.4 is 0 Å². The van der Waals surface area contributed by atoms with E-state index in [0.29, 0.717) is 13.2 Å². The quantitative estimate of drug-likeness (QED) is 0.204. The Hall–Kier alpha value is -0.461. The minimum absolute atomic E-state index is 0.595. The second-order valence-electron chi connectivity index (χ2n) is 6.87. The molecule has 0 fully saturated rings. The Balaban J connectivity index is 2.60. The molecule has 0 unspecified atom stereocenters. The molecule has 0 saturated heterocycles. The summed E-state index contributed by atoms with van der Waals surface area (Å²) < 4.78 is 14.0. The summed E-state index contributed by atoms with van der Waals surface area (Å²) >= 11 is -2.27. The zero-order valence-corrected chi connectivity index (χ0v) is 18.9. The SMILES string of the molecule is CCC[CH2][Sn]([C]#CCOCc1ccccc1)([CH2]CCC)[CH2]CCC. The third-order valence-electron chi connectivity index (χ3n) is 4.67. The first-order chi connectivity index (χ1) is 11.8. The van der Waals surface area contributed by atoms with Crippen LogP contribution >= 0.6 is 0 Å². The normalized spacial score (nSPS) is 11.1. The summed E-state index contributed by atoms with van der Waals surface area (Å²) in [5.41, 5.74) is 1.23. The maximum absolute atomic E-state index is 5.79. The molecule has 0 radical (unpaired) electrons. The van der Waals surface area contributed by atoms with Gasteiger partial charge in [-0.15, -0.1) is 0 Å². The molecule has 2 heteroatoms. The van der Waals surface area contributed by atoms with Crippen LogP contribution in [0.15, 0.2) is 30.3 Å². The number of rotatable bonds is 12. The average molecular weight is 435 g/mol. The molecule has 0 bridgehead atoms. The molecule has 0 spiro atoms. The van der Waals surface area contributed by atoms with Gasteiger partial charge in [-0.3, -0.25) is 0 Å². The van der Waals surface area contributed by atoms with Crippen LogP contribution in [0.5, 0.6) is 0 Å². The van der Waals surface area contributed by atoms with Crippen LogP contribution in [0.25, 0.3) is 0 Å². The van der Waals surface area contributed by atoms with Gasteiger partial charge in [0.2, 0.25) is 0 Å². The summed E-state index contributed by atoms with van der Waals surface area (Å²) in [6, 6.07) is 10.4. The molecule has 0 aromatic heterocycles. The van der Waals surface area contributed by atoms with E-state index in [1.54, 1.807) is 0 Å². The molecule has 0 saturated carbocycles. The van der Waals surface area contributed by atoms with Gasteiger partial charge in [0, 0.05) is 0 Å². The van der Waals surface area contributed by atoms with Crippen LogP contribution in [0.3, 0.4) is 0 Å². The molecule has 1 nitrogen and oxygen atoms in total. The van der Waals surface area contributed by atoms with Crippen LogP contribution in [0.2, 0.25) is 13.3 Å². The summed E-state index contributed by atoms with van der Waals surface area (Å²) in [4.78, 5) is 0. The van der Waals surface area contributed by atoms with Gasteiger partial charge in [-0.1, -0.05) is 0 Å². The van der Waals surface area contributed by atoms with Crippen LogP contribution in [-0.4, -0.2) is 25.0 Å². The molecule has 1 aromatic carbocycles. The summed E-state index contributed by atoms with van der Waals surface area (Å²) in [5, 5.41) is 0. The number of hydrogen-bond acceptors (Lipinski definition) is 1. The fourth-order valence-corrected chi connectivity index (χ4v) is 16.4. The van der Waals surface area contributed by atoms with Gasteiger partial charge < -0.3 is 0 Å². The molecule has 0 N–H and O–H groups in total. The first-order valence-corrected chi connectivity index (χ1v) is 17.4. The van der Waals surface area contributed by atoms with Crippen LogP contribution in [0.4, 0.5) is 0 Å². The van der Waals surface area contributed by atoms with Gasteiger partial charge in [0.1, 0.15) is 0 Å². The topological polar surface area (TPSA) is 9.23 Å². The van der Waals surface area contributed by atoms with Crippen molar-refractivity contribution in [1.29, 1.82) is 0 Å². The Labute approximate surface area is 154 Å². The van der Waals surface area contributed by atoms with Crippen molar-refractivity contribution >= 4 is 18.4 Å². The van der Waals surface area contributed by atoms with Crippen molar-refractivity contribution in [1.82, 2.24) is 0 Å². The molecule has 0 heterocycles. The fourth-order valence-electron chi connectivity index (χ4n) is 3.13. The Kier molecular flexibility index (Phi) is 12.4. The van der Waals surface area contributed by atoms with Crippen molar-refractivity contribution in [2.75, 3.05) is 6.61 Å². The first-order valence-electron chi connectivity index (χ1n) is 9.88. The molecular weight excluding hydrogens is 399 g/mol. The average Bonchev–Trinajstić information content (AvgIpc) is 2.63. The minimum atomic E-state index is -2.27. The van der Waals surface area contributed by atoms with Gasteiger partial charge in [0.15, 0.2) is 0 Å².